The molecule has 6 nitrogen and oxygen atoms in total. The summed E-state index contributed by atoms with van der Waals surface area (Å²) in [7, 11) is 1.62. The van der Waals surface area contributed by atoms with Gasteiger partial charge in [0.25, 0.3) is 5.56 Å². The van der Waals surface area contributed by atoms with Crippen LogP contribution in [-0.2, 0) is 18.4 Å². The first-order valence-electron chi connectivity index (χ1n) is 9.05. The van der Waals surface area contributed by atoms with E-state index < -0.39 is 11.5 Å². The molecule has 0 aliphatic rings. The number of carbonyl (C=O) groups excluding carboxylic acids is 1. The van der Waals surface area contributed by atoms with E-state index in [2.05, 4.69) is 0 Å². The molecule has 0 aliphatic heterocycles. The average molecular weight is 381 g/mol. The van der Waals surface area contributed by atoms with Crippen LogP contribution in [0.4, 0.5) is 0 Å². The smallest absolute Gasteiger partial charge is 0.308 e. The fourth-order valence-electron chi connectivity index (χ4n) is 2.91. The Hall–Kier alpha value is -3.28. The maximum atomic E-state index is 12.8. The molecule has 0 radical (unpaired) electrons. The number of ether oxygens (including phenoxy) is 3. The number of esters is 1. The lowest BCUT2D eigenvalue weighted by Gasteiger charge is -2.17. The standard InChI is InChI=1S/C22H23NO5/c1-14(2)27-17-10-11-18-19(12-17)23(4)22(25)21(28-15(3)24)20(18)26-13-16-8-6-5-7-9-16/h5-12,14H,13H2,1-4H3. The largest absolute Gasteiger partial charge is 0.491 e. The van der Waals surface area contributed by atoms with Crippen molar-refractivity contribution in [2.75, 3.05) is 0 Å². The number of pyridine rings is 1. The summed E-state index contributed by atoms with van der Waals surface area (Å²) >= 11 is 0. The molecule has 0 fully saturated rings. The molecule has 0 N–H and O–H groups in total. The second-order valence-corrected chi connectivity index (χ2v) is 6.74. The van der Waals surface area contributed by atoms with Crippen molar-refractivity contribution in [3.8, 4) is 17.2 Å². The van der Waals surface area contributed by atoms with Crippen LogP contribution in [0.3, 0.4) is 0 Å². The molecule has 146 valence electrons. The Labute approximate surface area is 163 Å². The Morgan fingerprint density at radius 1 is 1.07 bits per heavy atom. The van der Waals surface area contributed by atoms with Crippen molar-refractivity contribution in [2.45, 2.75) is 33.5 Å². The first-order chi connectivity index (χ1) is 13.4. The molecule has 0 saturated carbocycles. The number of hydrogen-bond donors (Lipinski definition) is 0. The van der Waals surface area contributed by atoms with Crippen LogP contribution in [0.1, 0.15) is 26.3 Å². The predicted molar refractivity (Wildman–Crippen MR) is 107 cm³/mol. The van der Waals surface area contributed by atoms with Gasteiger partial charge in [-0.1, -0.05) is 30.3 Å². The van der Waals surface area contributed by atoms with Gasteiger partial charge in [0, 0.05) is 25.4 Å². The van der Waals surface area contributed by atoms with Crippen molar-refractivity contribution in [3.63, 3.8) is 0 Å². The SMILES string of the molecule is CC(=O)Oc1c(OCc2ccccc2)c2ccc(OC(C)C)cc2n(C)c1=O. The van der Waals surface area contributed by atoms with Gasteiger partial charge in [-0.15, -0.1) is 0 Å². The average Bonchev–Trinajstić information content (AvgIpc) is 2.66. The summed E-state index contributed by atoms with van der Waals surface area (Å²) in [4.78, 5) is 24.4. The molecule has 6 heteroatoms. The van der Waals surface area contributed by atoms with Crippen molar-refractivity contribution in [2.24, 2.45) is 7.05 Å². The highest BCUT2D eigenvalue weighted by Gasteiger charge is 2.20. The zero-order valence-electron chi connectivity index (χ0n) is 16.4. The fraction of sp³-hybridized carbons (Fsp3) is 0.273. The molecule has 1 aromatic heterocycles. The van der Waals surface area contributed by atoms with Crippen LogP contribution in [0, 0.1) is 0 Å². The van der Waals surface area contributed by atoms with E-state index in [9.17, 15) is 9.59 Å². The minimum absolute atomic E-state index is 0.00333. The Morgan fingerprint density at radius 2 is 1.79 bits per heavy atom. The van der Waals surface area contributed by atoms with Crippen LogP contribution in [0.25, 0.3) is 10.9 Å². The molecular formula is C22H23NO5. The van der Waals surface area contributed by atoms with Crippen molar-refractivity contribution in [3.05, 3.63) is 64.4 Å². The van der Waals surface area contributed by atoms with Gasteiger partial charge in [0.2, 0.25) is 5.75 Å². The van der Waals surface area contributed by atoms with Crippen LogP contribution < -0.4 is 19.8 Å². The van der Waals surface area contributed by atoms with Gasteiger partial charge in [0.1, 0.15) is 12.4 Å². The Bertz CT molecular complexity index is 1050. The highest BCUT2D eigenvalue weighted by molar-refractivity contribution is 5.89. The molecule has 0 spiro atoms. The molecule has 0 aliphatic carbocycles. The maximum Gasteiger partial charge on any atom is 0.308 e. The first-order valence-corrected chi connectivity index (χ1v) is 9.05. The second kappa shape index (κ2) is 8.17. The minimum Gasteiger partial charge on any atom is -0.491 e. The number of carbonyl (C=O) groups is 1. The summed E-state index contributed by atoms with van der Waals surface area (Å²) in [6.45, 7) is 5.36. The fourth-order valence-corrected chi connectivity index (χ4v) is 2.91. The topological polar surface area (TPSA) is 66.8 Å². The zero-order chi connectivity index (χ0) is 20.3. The summed E-state index contributed by atoms with van der Waals surface area (Å²) in [5, 5.41) is 0.658. The minimum atomic E-state index is -0.583. The monoisotopic (exact) mass is 381 g/mol. The normalized spacial score (nSPS) is 10.9. The lowest BCUT2D eigenvalue weighted by atomic mass is 10.1. The highest BCUT2D eigenvalue weighted by atomic mass is 16.6. The molecule has 1 heterocycles. The Balaban J connectivity index is 2.14. The third-order valence-corrected chi connectivity index (χ3v) is 4.12. The molecule has 0 bridgehead atoms. The molecule has 3 rings (SSSR count). The van der Waals surface area contributed by atoms with Crippen molar-refractivity contribution in [1.29, 1.82) is 0 Å². The van der Waals surface area contributed by atoms with Gasteiger partial charge < -0.3 is 18.8 Å². The summed E-state index contributed by atoms with van der Waals surface area (Å²) in [6.07, 6.45) is 0.00333. The Kier molecular flexibility index (Phi) is 5.68. The number of benzene rings is 2. The van der Waals surface area contributed by atoms with Gasteiger partial charge in [-0.05, 0) is 31.5 Å². The van der Waals surface area contributed by atoms with E-state index in [0.717, 1.165) is 5.56 Å². The van der Waals surface area contributed by atoms with Crippen molar-refractivity contribution >= 4 is 16.9 Å². The summed E-state index contributed by atoms with van der Waals surface area (Å²) in [5.41, 5.74) is 1.11. The maximum absolute atomic E-state index is 12.8. The van der Waals surface area contributed by atoms with Crippen molar-refractivity contribution in [1.82, 2.24) is 4.57 Å². The van der Waals surface area contributed by atoms with Crippen LogP contribution >= 0.6 is 0 Å². The number of fused-ring (bicyclic) bond motifs is 1. The third-order valence-electron chi connectivity index (χ3n) is 4.12. The molecule has 28 heavy (non-hydrogen) atoms. The van der Waals surface area contributed by atoms with Crippen LogP contribution in [0.5, 0.6) is 17.2 Å². The van der Waals surface area contributed by atoms with Gasteiger partial charge in [0.15, 0.2) is 5.75 Å². The molecule has 0 unspecified atom stereocenters. The quantitative estimate of drug-likeness (QED) is 0.607. The number of aryl methyl sites for hydroxylation is 1. The van der Waals surface area contributed by atoms with E-state index in [1.54, 1.807) is 25.2 Å². The number of aromatic nitrogens is 1. The molecule has 0 saturated heterocycles. The van der Waals surface area contributed by atoms with Gasteiger partial charge in [-0.2, -0.15) is 0 Å². The molecule has 3 aromatic rings. The van der Waals surface area contributed by atoms with E-state index in [0.29, 0.717) is 16.7 Å². The number of hydrogen-bond acceptors (Lipinski definition) is 5. The predicted octanol–water partition coefficient (Wildman–Crippen LogP) is 3.83. The van der Waals surface area contributed by atoms with Crippen molar-refractivity contribution < 1.29 is 19.0 Å². The van der Waals surface area contributed by atoms with Gasteiger partial charge >= 0.3 is 5.97 Å². The molecule has 0 atom stereocenters. The van der Waals surface area contributed by atoms with Crippen LogP contribution in [0.2, 0.25) is 0 Å². The molecule has 0 amide bonds. The van der Waals surface area contributed by atoms with E-state index in [4.69, 9.17) is 14.2 Å². The lowest BCUT2D eigenvalue weighted by molar-refractivity contribution is -0.132. The summed E-state index contributed by atoms with van der Waals surface area (Å²) in [5.74, 6) is 0.191. The van der Waals surface area contributed by atoms with Gasteiger partial charge in [-0.3, -0.25) is 9.59 Å². The molecule has 2 aromatic carbocycles. The summed E-state index contributed by atoms with van der Waals surface area (Å²) in [6, 6.07) is 15.0. The zero-order valence-corrected chi connectivity index (χ0v) is 16.4. The molecular weight excluding hydrogens is 358 g/mol. The van der Waals surface area contributed by atoms with Gasteiger partial charge in [0.05, 0.1) is 11.6 Å². The van der Waals surface area contributed by atoms with E-state index in [1.165, 1.54) is 11.5 Å². The van der Waals surface area contributed by atoms with E-state index in [1.807, 2.05) is 44.2 Å². The first kappa shape index (κ1) is 19.5. The van der Waals surface area contributed by atoms with Crippen LogP contribution in [0.15, 0.2) is 53.3 Å². The number of nitrogens with zero attached hydrogens (tertiary/aromatic N) is 1. The van der Waals surface area contributed by atoms with E-state index in [-0.39, 0.29) is 24.2 Å². The summed E-state index contributed by atoms with van der Waals surface area (Å²) < 4.78 is 18.3. The second-order valence-electron chi connectivity index (χ2n) is 6.74. The van der Waals surface area contributed by atoms with Gasteiger partial charge in [-0.25, -0.2) is 0 Å². The highest BCUT2D eigenvalue weighted by Crippen LogP contribution is 2.35. The Morgan fingerprint density at radius 3 is 2.43 bits per heavy atom. The van der Waals surface area contributed by atoms with Crippen LogP contribution in [-0.4, -0.2) is 16.6 Å². The van der Waals surface area contributed by atoms with E-state index >= 15 is 0 Å². The number of rotatable bonds is 6. The lowest BCUT2D eigenvalue weighted by Crippen LogP contribution is -2.22. The third kappa shape index (κ3) is 4.17.